The summed E-state index contributed by atoms with van der Waals surface area (Å²) in [6, 6.07) is 13.5. The number of aromatic nitrogens is 6. The van der Waals surface area contributed by atoms with Crippen LogP contribution < -0.4 is 15.4 Å². The first-order valence-corrected chi connectivity index (χ1v) is 11.0. The van der Waals surface area contributed by atoms with Gasteiger partial charge in [0.15, 0.2) is 5.65 Å². The number of ether oxygens (including phenoxy) is 1. The first kappa shape index (κ1) is 21.7. The fourth-order valence-electron chi connectivity index (χ4n) is 3.73. The number of rotatable bonds is 7. The van der Waals surface area contributed by atoms with Crippen molar-refractivity contribution in [3.63, 3.8) is 0 Å². The molecule has 0 atom stereocenters. The maximum Gasteiger partial charge on any atom is 0.231 e. The molecule has 3 heterocycles. The molecular weight excluding hydrogens is 452 g/mol. The van der Waals surface area contributed by atoms with Crippen LogP contribution in [0.1, 0.15) is 11.3 Å². The van der Waals surface area contributed by atoms with Gasteiger partial charge in [0.2, 0.25) is 5.95 Å². The van der Waals surface area contributed by atoms with E-state index in [1.54, 1.807) is 19.6 Å². The first-order chi connectivity index (χ1) is 16.5. The van der Waals surface area contributed by atoms with Crippen LogP contribution in [0.3, 0.4) is 0 Å². The number of nitrogens with one attached hydrogen (secondary N) is 2. The van der Waals surface area contributed by atoms with Crippen LogP contribution in [0.25, 0.3) is 16.7 Å². The molecule has 0 amide bonds. The second-order valence-corrected chi connectivity index (χ2v) is 8.18. The Morgan fingerprint density at radius 3 is 2.62 bits per heavy atom. The average Bonchev–Trinajstić information content (AvgIpc) is 3.46. The summed E-state index contributed by atoms with van der Waals surface area (Å²) in [5.74, 6) is 1.83. The largest absolute Gasteiger partial charge is 0.494 e. The van der Waals surface area contributed by atoms with Gasteiger partial charge in [0.25, 0.3) is 0 Å². The molecule has 0 saturated heterocycles. The molecule has 0 unspecified atom stereocenters. The molecular formula is C24H23ClN8O. The fraction of sp³-hybridized carbons (Fsp3) is 0.167. The van der Waals surface area contributed by atoms with Crippen molar-refractivity contribution in [1.29, 1.82) is 0 Å². The lowest BCUT2D eigenvalue weighted by Crippen LogP contribution is -2.06. The minimum atomic E-state index is 0.447. The molecule has 0 aliphatic heterocycles. The molecule has 3 aromatic heterocycles. The summed E-state index contributed by atoms with van der Waals surface area (Å²) in [5, 5.41) is 12.5. The minimum absolute atomic E-state index is 0.447. The molecule has 0 aliphatic carbocycles. The Bertz CT molecular complexity index is 1460. The normalized spacial score (nSPS) is 11.1. The zero-order valence-electron chi connectivity index (χ0n) is 19.0. The van der Waals surface area contributed by atoms with Crippen LogP contribution in [-0.2, 0) is 6.54 Å². The highest BCUT2D eigenvalue weighted by atomic mass is 35.5. The van der Waals surface area contributed by atoms with Gasteiger partial charge in [0.1, 0.15) is 11.6 Å². The van der Waals surface area contributed by atoms with Gasteiger partial charge in [-0.2, -0.15) is 15.1 Å². The number of methoxy groups -OCH3 is 1. The minimum Gasteiger partial charge on any atom is -0.494 e. The Morgan fingerprint density at radius 2 is 1.91 bits per heavy atom. The van der Waals surface area contributed by atoms with Crippen molar-refractivity contribution >= 4 is 40.1 Å². The summed E-state index contributed by atoms with van der Waals surface area (Å²) in [6.45, 7) is 2.51. The van der Waals surface area contributed by atoms with Gasteiger partial charge in [-0.25, -0.2) is 9.67 Å². The summed E-state index contributed by atoms with van der Waals surface area (Å²) in [5.41, 5.74) is 4.41. The number of nitrogens with zero attached hydrogens (tertiary/aromatic N) is 6. The highest BCUT2D eigenvalue weighted by Crippen LogP contribution is 2.29. The molecule has 9 nitrogen and oxygen atoms in total. The number of hydrogen-bond acceptors (Lipinski definition) is 7. The molecule has 0 bridgehead atoms. The number of hydrogen-bond donors (Lipinski definition) is 2. The van der Waals surface area contributed by atoms with Gasteiger partial charge in [0.05, 0.1) is 42.9 Å². The van der Waals surface area contributed by atoms with Crippen LogP contribution in [0.5, 0.6) is 5.75 Å². The third-order valence-corrected chi connectivity index (χ3v) is 5.66. The molecule has 0 saturated carbocycles. The van der Waals surface area contributed by atoms with E-state index in [0.717, 1.165) is 28.0 Å². The third kappa shape index (κ3) is 4.25. The molecule has 172 valence electrons. The SMILES string of the molecule is CNc1nc(Nc2ccc(-n3cnc(C)c3)c(OC)c2)nc2c1cnn2Cc1ccc(Cl)cc1. The van der Waals surface area contributed by atoms with Gasteiger partial charge in [-0.15, -0.1) is 0 Å². The van der Waals surface area contributed by atoms with Crippen LogP contribution in [0.2, 0.25) is 5.02 Å². The Morgan fingerprint density at radius 1 is 1.09 bits per heavy atom. The van der Waals surface area contributed by atoms with E-state index in [1.165, 1.54) is 0 Å². The summed E-state index contributed by atoms with van der Waals surface area (Å²) < 4.78 is 9.39. The van der Waals surface area contributed by atoms with Gasteiger partial charge in [-0.3, -0.25) is 0 Å². The van der Waals surface area contributed by atoms with Gasteiger partial charge in [0, 0.05) is 30.0 Å². The fourth-order valence-corrected chi connectivity index (χ4v) is 3.86. The molecule has 5 aromatic rings. The summed E-state index contributed by atoms with van der Waals surface area (Å²) in [4.78, 5) is 13.7. The zero-order valence-corrected chi connectivity index (χ0v) is 19.7. The number of anilines is 3. The second kappa shape index (κ2) is 9.03. The molecule has 0 fully saturated rings. The molecule has 0 radical (unpaired) electrons. The number of fused-ring (bicyclic) bond motifs is 1. The predicted molar refractivity (Wildman–Crippen MR) is 134 cm³/mol. The molecule has 34 heavy (non-hydrogen) atoms. The predicted octanol–water partition coefficient (Wildman–Crippen LogP) is 4.82. The van der Waals surface area contributed by atoms with E-state index in [9.17, 15) is 0 Å². The Labute approximate surface area is 201 Å². The summed E-state index contributed by atoms with van der Waals surface area (Å²) in [6.07, 6.45) is 5.48. The van der Waals surface area contributed by atoms with Gasteiger partial charge >= 0.3 is 0 Å². The highest BCUT2D eigenvalue weighted by molar-refractivity contribution is 6.30. The van der Waals surface area contributed by atoms with Crippen LogP contribution in [0.4, 0.5) is 17.5 Å². The number of imidazole rings is 1. The van der Waals surface area contributed by atoms with Gasteiger partial charge in [-0.05, 0) is 36.8 Å². The quantitative estimate of drug-likeness (QED) is 0.349. The number of aryl methyl sites for hydroxylation is 1. The van der Waals surface area contributed by atoms with E-state index in [-0.39, 0.29) is 0 Å². The highest BCUT2D eigenvalue weighted by Gasteiger charge is 2.14. The Balaban J connectivity index is 1.48. The Kier molecular flexibility index (Phi) is 5.77. The van der Waals surface area contributed by atoms with Gasteiger partial charge < -0.3 is 19.9 Å². The van der Waals surface area contributed by atoms with Crippen molar-refractivity contribution in [2.45, 2.75) is 13.5 Å². The monoisotopic (exact) mass is 474 g/mol. The van der Waals surface area contributed by atoms with Crippen LogP contribution in [-0.4, -0.2) is 43.5 Å². The first-order valence-electron chi connectivity index (χ1n) is 10.7. The molecule has 2 aromatic carbocycles. The maximum atomic E-state index is 6.02. The van der Waals surface area contributed by atoms with E-state index < -0.39 is 0 Å². The lowest BCUT2D eigenvalue weighted by atomic mass is 10.2. The molecule has 10 heteroatoms. The lowest BCUT2D eigenvalue weighted by Gasteiger charge is -2.13. The van der Waals surface area contributed by atoms with Crippen LogP contribution in [0.15, 0.2) is 61.2 Å². The van der Waals surface area contributed by atoms with E-state index >= 15 is 0 Å². The van der Waals surface area contributed by atoms with E-state index in [4.69, 9.17) is 21.3 Å². The molecule has 2 N–H and O–H groups in total. The topological polar surface area (TPSA) is 94.7 Å². The van der Waals surface area contributed by atoms with Gasteiger partial charge in [-0.1, -0.05) is 23.7 Å². The maximum absolute atomic E-state index is 6.02. The number of halogens is 1. The summed E-state index contributed by atoms with van der Waals surface area (Å²) >= 11 is 6.02. The molecule has 5 rings (SSSR count). The van der Waals surface area contributed by atoms with Crippen LogP contribution >= 0.6 is 11.6 Å². The average molecular weight is 475 g/mol. The van der Waals surface area contributed by atoms with E-state index in [0.29, 0.717) is 34.7 Å². The smallest absolute Gasteiger partial charge is 0.231 e. The van der Waals surface area contributed by atoms with Crippen molar-refractivity contribution in [2.75, 3.05) is 24.8 Å². The van der Waals surface area contributed by atoms with Crippen molar-refractivity contribution in [2.24, 2.45) is 0 Å². The van der Waals surface area contributed by atoms with E-state index in [1.807, 2.05) is 71.9 Å². The van der Waals surface area contributed by atoms with Crippen molar-refractivity contribution in [3.05, 3.63) is 77.5 Å². The van der Waals surface area contributed by atoms with Crippen LogP contribution in [0, 0.1) is 6.92 Å². The van der Waals surface area contributed by atoms with Crippen molar-refractivity contribution < 1.29 is 4.74 Å². The van der Waals surface area contributed by atoms with E-state index in [2.05, 4.69) is 25.7 Å². The van der Waals surface area contributed by atoms with Crippen molar-refractivity contribution in [3.8, 4) is 11.4 Å². The third-order valence-electron chi connectivity index (χ3n) is 5.40. The summed E-state index contributed by atoms with van der Waals surface area (Å²) in [7, 11) is 3.47. The second-order valence-electron chi connectivity index (χ2n) is 7.75. The molecule has 0 spiro atoms. The Hall–Kier alpha value is -4.11. The standard InChI is InChI=1S/C24H23ClN8O/c1-15-12-32(14-27-15)20-9-8-18(10-21(20)34-3)29-24-30-22(26-2)19-11-28-33(23(19)31-24)13-16-4-6-17(25)7-5-16/h4-12,14H,13H2,1-3H3,(H2,26,29,30,31). The molecule has 0 aliphatic rings. The lowest BCUT2D eigenvalue weighted by molar-refractivity contribution is 0.413. The van der Waals surface area contributed by atoms with Crippen molar-refractivity contribution in [1.82, 2.24) is 29.3 Å². The number of benzene rings is 2. The zero-order chi connectivity index (χ0) is 23.7.